The van der Waals surface area contributed by atoms with Crippen LogP contribution in [0.4, 0.5) is 0 Å². The van der Waals surface area contributed by atoms with Crippen molar-refractivity contribution in [2.24, 2.45) is 0 Å². The number of ether oxygens (including phenoxy) is 1. The van der Waals surface area contributed by atoms with Crippen molar-refractivity contribution in [2.75, 3.05) is 26.3 Å². The highest BCUT2D eigenvalue weighted by atomic mass is 35.5. The predicted molar refractivity (Wildman–Crippen MR) is 99.6 cm³/mol. The van der Waals surface area contributed by atoms with Gasteiger partial charge in [-0.2, -0.15) is 10.1 Å². The molecule has 1 aromatic carbocycles. The van der Waals surface area contributed by atoms with Crippen LogP contribution in [-0.2, 0) is 16.1 Å². The average molecular weight is 402 g/mol. The first-order valence-corrected chi connectivity index (χ1v) is 9.02. The second-order valence-electron chi connectivity index (χ2n) is 6.14. The van der Waals surface area contributed by atoms with Crippen molar-refractivity contribution in [2.45, 2.75) is 6.54 Å². The zero-order chi connectivity index (χ0) is 19.5. The molecule has 3 aromatic rings. The molecule has 0 spiro atoms. The molecule has 2 aromatic heterocycles. The van der Waals surface area contributed by atoms with Gasteiger partial charge in [-0.1, -0.05) is 28.9 Å². The number of morpholine rings is 1. The summed E-state index contributed by atoms with van der Waals surface area (Å²) in [5, 5.41) is 8.69. The molecule has 28 heavy (non-hydrogen) atoms. The Morgan fingerprint density at radius 1 is 1.18 bits per heavy atom. The van der Waals surface area contributed by atoms with Crippen LogP contribution in [0.25, 0.3) is 23.0 Å². The fourth-order valence-electron chi connectivity index (χ4n) is 2.79. The summed E-state index contributed by atoms with van der Waals surface area (Å²) in [5.41, 5.74) is 0.605. The standard InChI is InChI=1S/C18H16ClN5O4/c19-13-3-1-2-12(10-13)17-20-18(28-22-17)14-4-5-15(25)24(21-14)11-16(26)23-6-8-27-9-7-23/h1-5,10H,6-9,11H2. The van der Waals surface area contributed by atoms with Crippen LogP contribution in [0.2, 0.25) is 5.02 Å². The van der Waals surface area contributed by atoms with E-state index in [9.17, 15) is 9.59 Å². The summed E-state index contributed by atoms with van der Waals surface area (Å²) in [6.45, 7) is 1.81. The lowest BCUT2D eigenvalue weighted by atomic mass is 10.2. The molecule has 1 aliphatic heterocycles. The first-order valence-electron chi connectivity index (χ1n) is 8.64. The van der Waals surface area contributed by atoms with Gasteiger partial charge in [-0.15, -0.1) is 0 Å². The summed E-state index contributed by atoms with van der Waals surface area (Å²) in [5.74, 6) is 0.296. The molecule has 0 aliphatic carbocycles. The van der Waals surface area contributed by atoms with E-state index in [1.54, 1.807) is 29.2 Å². The number of benzene rings is 1. The molecule has 0 bridgehead atoms. The Hall–Kier alpha value is -3.04. The molecule has 0 radical (unpaired) electrons. The summed E-state index contributed by atoms with van der Waals surface area (Å²) in [4.78, 5) is 30.5. The Labute approximate surface area is 164 Å². The third kappa shape index (κ3) is 3.95. The van der Waals surface area contributed by atoms with Crippen LogP contribution in [0, 0.1) is 0 Å². The van der Waals surface area contributed by atoms with Crippen LogP contribution in [-0.4, -0.2) is 57.0 Å². The SMILES string of the molecule is O=C(Cn1nc(-c2nc(-c3cccc(Cl)c3)no2)ccc1=O)N1CCOCC1. The molecule has 0 atom stereocenters. The minimum absolute atomic E-state index is 0.141. The molecule has 4 rings (SSSR count). The minimum Gasteiger partial charge on any atom is -0.378 e. The number of carbonyl (C=O) groups is 1. The van der Waals surface area contributed by atoms with Crippen LogP contribution >= 0.6 is 11.6 Å². The lowest BCUT2D eigenvalue weighted by Gasteiger charge is -2.26. The first-order chi connectivity index (χ1) is 13.6. The monoisotopic (exact) mass is 401 g/mol. The molecule has 10 heteroatoms. The first kappa shape index (κ1) is 18.3. The van der Waals surface area contributed by atoms with Gasteiger partial charge in [0.1, 0.15) is 12.2 Å². The molecule has 0 N–H and O–H groups in total. The summed E-state index contributed by atoms with van der Waals surface area (Å²) in [7, 11) is 0. The number of amides is 1. The molecular formula is C18H16ClN5O4. The minimum atomic E-state index is -0.389. The number of carbonyl (C=O) groups excluding carboxylic acids is 1. The second-order valence-corrected chi connectivity index (χ2v) is 6.58. The maximum Gasteiger partial charge on any atom is 0.278 e. The number of hydrogen-bond acceptors (Lipinski definition) is 7. The van der Waals surface area contributed by atoms with E-state index in [1.807, 2.05) is 0 Å². The third-order valence-electron chi connectivity index (χ3n) is 4.24. The van der Waals surface area contributed by atoms with Gasteiger partial charge in [-0.25, -0.2) is 4.68 Å². The molecule has 1 aliphatic rings. The Balaban J connectivity index is 1.57. The lowest BCUT2D eigenvalue weighted by molar-refractivity contribution is -0.136. The molecule has 1 fully saturated rings. The summed E-state index contributed by atoms with van der Waals surface area (Å²) >= 11 is 5.99. The molecule has 0 unspecified atom stereocenters. The summed E-state index contributed by atoms with van der Waals surface area (Å²) in [6.07, 6.45) is 0. The smallest absolute Gasteiger partial charge is 0.278 e. The van der Waals surface area contributed by atoms with Crippen LogP contribution < -0.4 is 5.56 Å². The van der Waals surface area contributed by atoms with Crippen LogP contribution in [0.15, 0.2) is 45.7 Å². The van der Waals surface area contributed by atoms with Crippen molar-refractivity contribution >= 4 is 17.5 Å². The number of aromatic nitrogens is 4. The Kier molecular flexibility index (Phi) is 5.18. The zero-order valence-electron chi connectivity index (χ0n) is 14.7. The van der Waals surface area contributed by atoms with Gasteiger partial charge >= 0.3 is 0 Å². The fraction of sp³-hybridized carbons (Fsp3) is 0.278. The maximum absolute atomic E-state index is 12.4. The van der Waals surface area contributed by atoms with Crippen molar-refractivity contribution < 1.29 is 14.1 Å². The Bertz CT molecular complexity index is 1060. The van der Waals surface area contributed by atoms with Crippen molar-refractivity contribution in [1.82, 2.24) is 24.8 Å². The van der Waals surface area contributed by atoms with Gasteiger partial charge in [-0.3, -0.25) is 9.59 Å². The van der Waals surface area contributed by atoms with E-state index in [4.69, 9.17) is 20.9 Å². The van der Waals surface area contributed by atoms with Gasteiger partial charge in [0.25, 0.3) is 11.4 Å². The molecule has 9 nitrogen and oxygen atoms in total. The van der Waals surface area contributed by atoms with Gasteiger partial charge in [0, 0.05) is 29.7 Å². The molecule has 3 heterocycles. The van der Waals surface area contributed by atoms with Gasteiger partial charge in [0.05, 0.1) is 13.2 Å². The van der Waals surface area contributed by atoms with Crippen molar-refractivity contribution in [1.29, 1.82) is 0 Å². The van der Waals surface area contributed by atoms with Crippen molar-refractivity contribution in [3.8, 4) is 23.0 Å². The van der Waals surface area contributed by atoms with E-state index in [0.29, 0.717) is 48.4 Å². The van der Waals surface area contributed by atoms with Gasteiger partial charge in [-0.05, 0) is 18.2 Å². The normalized spacial score (nSPS) is 14.2. The average Bonchev–Trinajstić information content (AvgIpc) is 3.20. The van der Waals surface area contributed by atoms with E-state index < -0.39 is 0 Å². The van der Waals surface area contributed by atoms with E-state index in [0.717, 1.165) is 4.68 Å². The number of rotatable bonds is 4. The van der Waals surface area contributed by atoms with Crippen LogP contribution in [0.5, 0.6) is 0 Å². The molecule has 1 saturated heterocycles. The highest BCUT2D eigenvalue weighted by molar-refractivity contribution is 6.30. The molecule has 0 saturated carbocycles. The molecular weight excluding hydrogens is 386 g/mol. The molecule has 1 amide bonds. The van der Waals surface area contributed by atoms with E-state index in [2.05, 4.69) is 15.2 Å². The summed E-state index contributed by atoms with van der Waals surface area (Å²) in [6, 6.07) is 9.84. The highest BCUT2D eigenvalue weighted by Crippen LogP contribution is 2.22. The largest absolute Gasteiger partial charge is 0.378 e. The number of halogens is 1. The Morgan fingerprint density at radius 3 is 2.79 bits per heavy atom. The zero-order valence-corrected chi connectivity index (χ0v) is 15.5. The van der Waals surface area contributed by atoms with Crippen LogP contribution in [0.3, 0.4) is 0 Å². The fourth-order valence-corrected chi connectivity index (χ4v) is 2.98. The summed E-state index contributed by atoms with van der Waals surface area (Å²) < 4.78 is 11.6. The second kappa shape index (κ2) is 7.91. The van der Waals surface area contributed by atoms with Gasteiger partial charge in [0.15, 0.2) is 0 Å². The topological polar surface area (TPSA) is 103 Å². The maximum atomic E-state index is 12.4. The highest BCUT2D eigenvalue weighted by Gasteiger charge is 2.19. The van der Waals surface area contributed by atoms with Crippen molar-refractivity contribution in [3.05, 3.63) is 51.8 Å². The van der Waals surface area contributed by atoms with Gasteiger partial charge in [0.2, 0.25) is 11.7 Å². The predicted octanol–water partition coefficient (Wildman–Crippen LogP) is 1.47. The van der Waals surface area contributed by atoms with E-state index in [-0.39, 0.29) is 23.9 Å². The van der Waals surface area contributed by atoms with Crippen LogP contribution in [0.1, 0.15) is 0 Å². The number of hydrogen-bond donors (Lipinski definition) is 0. The van der Waals surface area contributed by atoms with Crippen molar-refractivity contribution in [3.63, 3.8) is 0 Å². The Morgan fingerprint density at radius 2 is 2.00 bits per heavy atom. The lowest BCUT2D eigenvalue weighted by Crippen LogP contribution is -2.43. The van der Waals surface area contributed by atoms with E-state index in [1.165, 1.54) is 12.1 Å². The van der Waals surface area contributed by atoms with Gasteiger partial charge < -0.3 is 14.2 Å². The molecule has 144 valence electrons. The third-order valence-corrected chi connectivity index (χ3v) is 4.48. The quantitative estimate of drug-likeness (QED) is 0.652. The van der Waals surface area contributed by atoms with E-state index >= 15 is 0 Å². The number of nitrogens with zero attached hydrogens (tertiary/aromatic N) is 5.